The molecule has 0 atom stereocenters. The number of nitrogens with one attached hydrogen (secondary N) is 2. The summed E-state index contributed by atoms with van der Waals surface area (Å²) < 4.78 is 19.0. The second-order valence-electron chi connectivity index (χ2n) is 6.85. The van der Waals surface area contributed by atoms with E-state index in [0.717, 1.165) is 49.1 Å². The van der Waals surface area contributed by atoms with E-state index in [1.165, 1.54) is 17.3 Å². The molecule has 3 rings (SSSR count). The van der Waals surface area contributed by atoms with E-state index in [1.54, 1.807) is 24.9 Å². The van der Waals surface area contributed by atoms with Crippen LogP contribution in [-0.2, 0) is 23.6 Å². The maximum atomic E-state index is 13.6. The van der Waals surface area contributed by atoms with Crippen molar-refractivity contribution >= 4 is 47.4 Å². The van der Waals surface area contributed by atoms with Gasteiger partial charge in [-0.05, 0) is 41.1 Å². The summed E-state index contributed by atoms with van der Waals surface area (Å²) in [6, 6.07) is 13.4. The van der Waals surface area contributed by atoms with Crippen LogP contribution in [0, 0.1) is 5.82 Å². The molecule has 1 fully saturated rings. The Balaban J connectivity index is 0.00000320. The van der Waals surface area contributed by atoms with E-state index in [4.69, 9.17) is 4.74 Å². The van der Waals surface area contributed by atoms with Crippen molar-refractivity contribution < 1.29 is 9.13 Å². The van der Waals surface area contributed by atoms with Crippen molar-refractivity contribution in [3.63, 3.8) is 0 Å². The number of ether oxygens (including phenoxy) is 1. The van der Waals surface area contributed by atoms with Gasteiger partial charge in [0.15, 0.2) is 5.96 Å². The Bertz CT molecular complexity index is 831. The minimum absolute atomic E-state index is 0. The maximum Gasteiger partial charge on any atom is 0.191 e. The van der Waals surface area contributed by atoms with Crippen molar-refractivity contribution in [3.8, 4) is 0 Å². The van der Waals surface area contributed by atoms with Gasteiger partial charge in [0.05, 0.1) is 13.2 Å². The molecule has 1 aliphatic rings. The number of rotatable bonds is 7. The van der Waals surface area contributed by atoms with Crippen LogP contribution < -0.4 is 15.5 Å². The molecule has 0 saturated carbocycles. The van der Waals surface area contributed by atoms with Crippen LogP contribution in [0.15, 0.2) is 47.5 Å². The summed E-state index contributed by atoms with van der Waals surface area (Å²) in [5.41, 5.74) is 4.55. The van der Waals surface area contributed by atoms with Crippen molar-refractivity contribution in [1.82, 2.24) is 10.6 Å². The molecule has 164 valence electrons. The lowest BCUT2D eigenvalue weighted by Gasteiger charge is -2.30. The van der Waals surface area contributed by atoms with Gasteiger partial charge in [0, 0.05) is 44.7 Å². The molecule has 1 aliphatic heterocycles. The number of aliphatic imine (C=N–C) groups is 1. The van der Waals surface area contributed by atoms with Crippen LogP contribution in [0.5, 0.6) is 0 Å². The van der Waals surface area contributed by atoms with Gasteiger partial charge in [-0.15, -0.1) is 24.0 Å². The van der Waals surface area contributed by atoms with E-state index in [1.807, 2.05) is 12.3 Å². The number of benzene rings is 2. The Morgan fingerprint density at radius 3 is 2.47 bits per heavy atom. The first kappa shape index (κ1) is 24.7. The first-order valence-corrected chi connectivity index (χ1v) is 11.2. The number of morpholine rings is 1. The molecule has 1 heterocycles. The molecule has 30 heavy (non-hydrogen) atoms. The van der Waals surface area contributed by atoms with E-state index in [9.17, 15) is 4.39 Å². The summed E-state index contributed by atoms with van der Waals surface area (Å²) in [7, 11) is 1.76. The molecule has 1 saturated heterocycles. The molecular weight excluding hydrogens is 514 g/mol. The van der Waals surface area contributed by atoms with Crippen molar-refractivity contribution in [2.24, 2.45) is 4.99 Å². The van der Waals surface area contributed by atoms with Gasteiger partial charge in [-0.25, -0.2) is 4.39 Å². The highest BCUT2D eigenvalue weighted by atomic mass is 127. The molecule has 0 aliphatic carbocycles. The van der Waals surface area contributed by atoms with E-state index >= 15 is 0 Å². The summed E-state index contributed by atoms with van der Waals surface area (Å²) in [6.45, 7) is 4.62. The Hall–Kier alpha value is -1.52. The molecule has 8 heteroatoms. The molecule has 5 nitrogen and oxygen atoms in total. The number of hydrogen-bond acceptors (Lipinski definition) is 4. The second-order valence-corrected chi connectivity index (χ2v) is 7.72. The number of nitrogens with zero attached hydrogens (tertiary/aromatic N) is 2. The summed E-state index contributed by atoms with van der Waals surface area (Å²) in [6.07, 6.45) is 2.02. The fourth-order valence-electron chi connectivity index (χ4n) is 3.41. The first-order chi connectivity index (χ1) is 14.2. The third-order valence-electron chi connectivity index (χ3n) is 4.93. The van der Waals surface area contributed by atoms with Crippen LogP contribution in [0.1, 0.15) is 16.7 Å². The number of para-hydroxylation sites is 1. The average Bonchev–Trinajstić information content (AvgIpc) is 2.76. The molecule has 0 radical (unpaired) electrons. The summed E-state index contributed by atoms with van der Waals surface area (Å²) in [5, 5.41) is 6.75. The Labute approximate surface area is 199 Å². The van der Waals surface area contributed by atoms with Crippen LogP contribution in [0.25, 0.3) is 0 Å². The fraction of sp³-hybridized carbons (Fsp3) is 0.409. The monoisotopic (exact) mass is 544 g/mol. The predicted octanol–water partition coefficient (Wildman–Crippen LogP) is 4.01. The van der Waals surface area contributed by atoms with Gasteiger partial charge in [-0.3, -0.25) is 4.99 Å². The second kappa shape index (κ2) is 13.0. The summed E-state index contributed by atoms with van der Waals surface area (Å²) in [5.74, 6) is 1.31. The minimum Gasteiger partial charge on any atom is -0.378 e. The van der Waals surface area contributed by atoms with Crippen LogP contribution in [0.4, 0.5) is 10.1 Å². The van der Waals surface area contributed by atoms with Gasteiger partial charge >= 0.3 is 0 Å². The number of thioether (sulfide) groups is 1. The SMILES string of the molecule is CN=C(NCc1ccc(F)cc1CSC)NCc1ccccc1N1CCOCC1.I. The maximum absolute atomic E-state index is 13.6. The van der Waals surface area contributed by atoms with Crippen molar-refractivity contribution in [1.29, 1.82) is 0 Å². The molecule has 0 bridgehead atoms. The van der Waals surface area contributed by atoms with Gasteiger partial charge in [0.25, 0.3) is 0 Å². The normalized spacial score (nSPS) is 14.2. The summed E-state index contributed by atoms with van der Waals surface area (Å²) >= 11 is 1.69. The molecule has 0 unspecified atom stereocenters. The van der Waals surface area contributed by atoms with Crippen LogP contribution in [0.3, 0.4) is 0 Å². The quantitative estimate of drug-likeness (QED) is 0.314. The number of hydrogen-bond donors (Lipinski definition) is 2. The Morgan fingerprint density at radius 2 is 1.77 bits per heavy atom. The average molecular weight is 544 g/mol. The lowest BCUT2D eigenvalue weighted by molar-refractivity contribution is 0.122. The van der Waals surface area contributed by atoms with E-state index in [-0.39, 0.29) is 29.8 Å². The highest BCUT2D eigenvalue weighted by molar-refractivity contribution is 14.0. The predicted molar refractivity (Wildman–Crippen MR) is 136 cm³/mol. The smallest absolute Gasteiger partial charge is 0.191 e. The molecule has 2 N–H and O–H groups in total. The number of guanidine groups is 1. The molecule has 0 amide bonds. The number of anilines is 1. The fourth-order valence-corrected chi connectivity index (χ4v) is 3.99. The zero-order chi connectivity index (χ0) is 20.5. The zero-order valence-corrected chi connectivity index (χ0v) is 20.6. The minimum atomic E-state index is -0.194. The molecule has 2 aromatic rings. The number of halogens is 2. The summed E-state index contributed by atoms with van der Waals surface area (Å²) in [4.78, 5) is 6.70. The van der Waals surface area contributed by atoms with Gasteiger partial charge in [-0.1, -0.05) is 24.3 Å². The van der Waals surface area contributed by atoms with Gasteiger partial charge in [0.1, 0.15) is 5.82 Å². The van der Waals surface area contributed by atoms with Crippen molar-refractivity contribution in [2.75, 3.05) is 44.5 Å². The van der Waals surface area contributed by atoms with Crippen molar-refractivity contribution in [2.45, 2.75) is 18.8 Å². The third kappa shape index (κ3) is 7.02. The van der Waals surface area contributed by atoms with Gasteiger partial charge in [0.2, 0.25) is 0 Å². The molecule has 0 aromatic heterocycles. The lowest BCUT2D eigenvalue weighted by Crippen LogP contribution is -2.39. The third-order valence-corrected chi connectivity index (χ3v) is 5.53. The largest absolute Gasteiger partial charge is 0.378 e. The Morgan fingerprint density at radius 1 is 1.07 bits per heavy atom. The highest BCUT2D eigenvalue weighted by Gasteiger charge is 2.14. The highest BCUT2D eigenvalue weighted by Crippen LogP contribution is 2.21. The Kier molecular flexibility index (Phi) is 10.7. The standard InChI is InChI=1S/C22H29FN4OS.HI/c1-24-22(25-14-17-7-8-20(23)13-19(17)16-29-2)26-15-18-5-3-4-6-21(18)27-9-11-28-12-10-27;/h3-8,13H,9-12,14-16H2,1-2H3,(H2,24,25,26);1H. The van der Waals surface area contributed by atoms with Crippen LogP contribution >= 0.6 is 35.7 Å². The van der Waals surface area contributed by atoms with E-state index < -0.39 is 0 Å². The zero-order valence-electron chi connectivity index (χ0n) is 17.5. The van der Waals surface area contributed by atoms with E-state index in [2.05, 4.69) is 44.8 Å². The van der Waals surface area contributed by atoms with E-state index in [0.29, 0.717) is 13.1 Å². The molecule has 0 spiro atoms. The van der Waals surface area contributed by atoms with Gasteiger partial charge in [-0.2, -0.15) is 11.8 Å². The van der Waals surface area contributed by atoms with Crippen LogP contribution in [-0.4, -0.2) is 45.6 Å². The lowest BCUT2D eigenvalue weighted by atomic mass is 10.1. The first-order valence-electron chi connectivity index (χ1n) is 9.82. The topological polar surface area (TPSA) is 48.9 Å². The molecule has 2 aromatic carbocycles. The van der Waals surface area contributed by atoms with Gasteiger partial charge < -0.3 is 20.3 Å². The van der Waals surface area contributed by atoms with Crippen molar-refractivity contribution in [3.05, 3.63) is 65.0 Å². The molecular formula is C22H30FIN4OS. The van der Waals surface area contributed by atoms with Crippen LogP contribution in [0.2, 0.25) is 0 Å².